The molecule has 0 spiro atoms. The second-order valence-corrected chi connectivity index (χ2v) is 8.10. The minimum absolute atomic E-state index is 0.0454. The number of rotatable bonds is 5. The lowest BCUT2D eigenvalue weighted by Crippen LogP contribution is -2.42. The number of carbonyl (C=O) groups is 1. The lowest BCUT2D eigenvalue weighted by atomic mass is 10.00. The van der Waals surface area contributed by atoms with Gasteiger partial charge in [-0.15, -0.1) is 0 Å². The first-order valence-corrected chi connectivity index (χ1v) is 10.0. The monoisotopic (exact) mass is 386 g/mol. The van der Waals surface area contributed by atoms with Crippen LogP contribution in [0.25, 0.3) is 0 Å². The van der Waals surface area contributed by atoms with Crippen molar-refractivity contribution in [2.24, 2.45) is 5.92 Å². The van der Waals surface area contributed by atoms with Gasteiger partial charge in [-0.1, -0.05) is 11.6 Å². The number of nitriles is 1. The van der Waals surface area contributed by atoms with E-state index in [1.807, 2.05) is 6.07 Å². The molecule has 1 aliphatic rings. The van der Waals surface area contributed by atoms with Crippen LogP contribution in [-0.4, -0.2) is 44.6 Å². The number of ether oxygens (including phenoxy) is 2. The zero-order chi connectivity index (χ0) is 18.6. The molecule has 0 aromatic heterocycles. The van der Waals surface area contributed by atoms with E-state index in [1.165, 1.54) is 16.4 Å². The molecule has 0 N–H and O–H groups in total. The molecule has 25 heavy (non-hydrogen) atoms. The van der Waals surface area contributed by atoms with E-state index < -0.39 is 21.9 Å². The smallest absolute Gasteiger partial charge is 0.315 e. The Morgan fingerprint density at radius 3 is 2.80 bits per heavy atom. The number of piperidine rings is 1. The Balaban J connectivity index is 2.21. The van der Waals surface area contributed by atoms with Crippen LogP contribution in [0.2, 0.25) is 5.02 Å². The van der Waals surface area contributed by atoms with Gasteiger partial charge < -0.3 is 9.47 Å². The molecule has 9 heteroatoms. The number of hydrogen-bond acceptors (Lipinski definition) is 6. The Kier molecular flexibility index (Phi) is 6.27. The molecule has 0 radical (unpaired) electrons. The van der Waals surface area contributed by atoms with Crippen molar-refractivity contribution in [1.82, 2.24) is 4.31 Å². The van der Waals surface area contributed by atoms with E-state index >= 15 is 0 Å². The standard InChI is InChI=1S/C16H19ClN2O5S/c1-3-23-14-8-11(9-18)7-13(17)15(14)24-16(20)12-5-4-6-19(10-12)25(2,21)22/h7-8,12H,3-6,10H2,1-2H3/t12-/m1/s1. The van der Waals surface area contributed by atoms with Crippen LogP contribution >= 0.6 is 11.6 Å². The molecular formula is C16H19ClN2O5S. The summed E-state index contributed by atoms with van der Waals surface area (Å²) >= 11 is 6.12. The van der Waals surface area contributed by atoms with Crippen LogP contribution in [0.4, 0.5) is 0 Å². The van der Waals surface area contributed by atoms with E-state index in [-0.39, 0.29) is 28.6 Å². The third kappa shape index (κ3) is 4.84. The topological polar surface area (TPSA) is 96.7 Å². The largest absolute Gasteiger partial charge is 0.490 e. The second kappa shape index (κ2) is 8.04. The summed E-state index contributed by atoms with van der Waals surface area (Å²) in [5.41, 5.74) is 0.286. The van der Waals surface area contributed by atoms with Crippen LogP contribution in [0.15, 0.2) is 12.1 Å². The molecule has 0 saturated carbocycles. The van der Waals surface area contributed by atoms with E-state index in [1.54, 1.807) is 6.92 Å². The molecule has 1 saturated heterocycles. The first-order chi connectivity index (χ1) is 11.8. The first kappa shape index (κ1) is 19.5. The van der Waals surface area contributed by atoms with E-state index in [0.717, 1.165) is 6.26 Å². The van der Waals surface area contributed by atoms with E-state index in [9.17, 15) is 13.2 Å². The quantitative estimate of drug-likeness (QED) is 0.568. The minimum atomic E-state index is -3.36. The summed E-state index contributed by atoms with van der Waals surface area (Å²) in [5, 5.41) is 9.09. The molecule has 0 amide bonds. The van der Waals surface area contributed by atoms with Crippen LogP contribution in [0.3, 0.4) is 0 Å². The van der Waals surface area contributed by atoms with E-state index in [0.29, 0.717) is 26.0 Å². The molecule has 0 unspecified atom stereocenters. The van der Waals surface area contributed by atoms with Gasteiger partial charge >= 0.3 is 5.97 Å². The van der Waals surface area contributed by atoms with Gasteiger partial charge in [-0.3, -0.25) is 4.79 Å². The van der Waals surface area contributed by atoms with Gasteiger partial charge in [-0.25, -0.2) is 12.7 Å². The van der Waals surface area contributed by atoms with Gasteiger partial charge in [-0.2, -0.15) is 5.26 Å². The molecule has 0 aliphatic carbocycles. The highest BCUT2D eigenvalue weighted by molar-refractivity contribution is 7.88. The van der Waals surface area contributed by atoms with Crippen LogP contribution in [-0.2, 0) is 14.8 Å². The number of halogens is 1. The fourth-order valence-electron chi connectivity index (χ4n) is 2.61. The summed E-state index contributed by atoms with van der Waals surface area (Å²) in [6, 6.07) is 4.79. The molecule has 1 heterocycles. The summed E-state index contributed by atoms with van der Waals surface area (Å²) in [4.78, 5) is 12.5. The zero-order valence-electron chi connectivity index (χ0n) is 14.0. The lowest BCUT2D eigenvalue weighted by molar-refractivity contribution is -0.140. The molecule has 2 rings (SSSR count). The molecule has 0 bridgehead atoms. The normalized spacial score (nSPS) is 18.4. The molecule has 1 fully saturated rings. The maximum atomic E-state index is 12.5. The third-order valence-electron chi connectivity index (χ3n) is 3.83. The van der Waals surface area contributed by atoms with Gasteiger partial charge in [0.25, 0.3) is 0 Å². The molecule has 1 aromatic rings. The summed E-state index contributed by atoms with van der Waals surface area (Å²) in [6.07, 6.45) is 2.22. The lowest BCUT2D eigenvalue weighted by Gasteiger charge is -2.29. The van der Waals surface area contributed by atoms with Crippen LogP contribution in [0, 0.1) is 17.2 Å². The average Bonchev–Trinajstić information content (AvgIpc) is 2.57. The maximum Gasteiger partial charge on any atom is 0.315 e. The van der Waals surface area contributed by atoms with Gasteiger partial charge in [-0.05, 0) is 25.8 Å². The first-order valence-electron chi connectivity index (χ1n) is 7.79. The molecule has 7 nitrogen and oxygen atoms in total. The van der Waals surface area contributed by atoms with Gasteiger partial charge in [0.05, 0.1) is 35.4 Å². The third-order valence-corrected chi connectivity index (χ3v) is 5.38. The predicted octanol–water partition coefficient (Wildman–Crippen LogP) is 2.19. The zero-order valence-corrected chi connectivity index (χ0v) is 15.6. The Bertz CT molecular complexity index is 803. The average molecular weight is 387 g/mol. The Hall–Kier alpha value is -1.82. The molecule has 1 atom stereocenters. The number of esters is 1. The minimum Gasteiger partial charge on any atom is -0.490 e. The highest BCUT2D eigenvalue weighted by atomic mass is 35.5. The van der Waals surface area contributed by atoms with Gasteiger partial charge in [0.2, 0.25) is 10.0 Å². The predicted molar refractivity (Wildman–Crippen MR) is 92.1 cm³/mol. The maximum absolute atomic E-state index is 12.5. The van der Waals surface area contributed by atoms with Crippen molar-refractivity contribution in [1.29, 1.82) is 5.26 Å². The van der Waals surface area contributed by atoms with Gasteiger partial charge in [0, 0.05) is 19.2 Å². The summed E-state index contributed by atoms with van der Waals surface area (Å²) < 4.78 is 35.4. The highest BCUT2D eigenvalue weighted by Gasteiger charge is 2.32. The summed E-state index contributed by atoms with van der Waals surface area (Å²) in [7, 11) is -3.36. The van der Waals surface area contributed by atoms with Crippen molar-refractivity contribution in [3.05, 3.63) is 22.7 Å². The number of nitrogens with zero attached hydrogens (tertiary/aromatic N) is 2. The van der Waals surface area contributed by atoms with Crippen molar-refractivity contribution < 1.29 is 22.7 Å². The number of hydrogen-bond donors (Lipinski definition) is 0. The Labute approximate surface area is 152 Å². The highest BCUT2D eigenvalue weighted by Crippen LogP contribution is 2.37. The Morgan fingerprint density at radius 1 is 1.48 bits per heavy atom. The van der Waals surface area contributed by atoms with Crippen molar-refractivity contribution in [3.63, 3.8) is 0 Å². The van der Waals surface area contributed by atoms with E-state index in [4.69, 9.17) is 26.3 Å². The van der Waals surface area contributed by atoms with Crippen LogP contribution in [0.1, 0.15) is 25.3 Å². The second-order valence-electron chi connectivity index (χ2n) is 5.71. The van der Waals surface area contributed by atoms with E-state index in [2.05, 4.69) is 0 Å². The van der Waals surface area contributed by atoms with Crippen molar-refractivity contribution in [2.75, 3.05) is 26.0 Å². The number of sulfonamides is 1. The van der Waals surface area contributed by atoms with Crippen molar-refractivity contribution >= 4 is 27.6 Å². The summed E-state index contributed by atoms with van der Waals surface area (Å²) in [6.45, 7) is 2.53. The molecule has 136 valence electrons. The fourth-order valence-corrected chi connectivity index (χ4v) is 3.78. The Morgan fingerprint density at radius 2 is 2.20 bits per heavy atom. The molecule has 1 aromatic carbocycles. The fraction of sp³-hybridized carbons (Fsp3) is 0.500. The van der Waals surface area contributed by atoms with Gasteiger partial charge in [0.15, 0.2) is 11.5 Å². The SMILES string of the molecule is CCOc1cc(C#N)cc(Cl)c1OC(=O)[C@@H]1CCCN(S(C)(=O)=O)C1. The number of benzene rings is 1. The van der Waals surface area contributed by atoms with Crippen molar-refractivity contribution in [2.45, 2.75) is 19.8 Å². The van der Waals surface area contributed by atoms with Crippen LogP contribution in [0.5, 0.6) is 11.5 Å². The summed E-state index contributed by atoms with van der Waals surface area (Å²) in [5.74, 6) is -0.898. The molecular weight excluding hydrogens is 368 g/mol. The number of carbonyl (C=O) groups excluding carboxylic acids is 1. The van der Waals surface area contributed by atoms with Crippen LogP contribution < -0.4 is 9.47 Å². The van der Waals surface area contributed by atoms with Crippen molar-refractivity contribution in [3.8, 4) is 17.6 Å². The molecule has 1 aliphatic heterocycles. The van der Waals surface area contributed by atoms with Gasteiger partial charge in [0.1, 0.15) is 0 Å².